The van der Waals surface area contributed by atoms with E-state index in [0.717, 1.165) is 12.1 Å². The molecule has 0 amide bonds. The minimum absolute atomic E-state index is 0.296. The Morgan fingerprint density at radius 3 is 2.47 bits per heavy atom. The molecule has 0 N–H and O–H groups in total. The largest absolute Gasteiger partial charge is 0.416 e. The van der Waals surface area contributed by atoms with Gasteiger partial charge in [-0.2, -0.15) is 18.4 Å². The first kappa shape index (κ1) is 12.1. The van der Waals surface area contributed by atoms with Crippen LogP contribution in [-0.2, 0) is 12.6 Å². The fourth-order valence-electron chi connectivity index (χ4n) is 1.12. The number of nitrogens with zero attached hydrogens (tertiary/aromatic N) is 1. The van der Waals surface area contributed by atoms with Crippen LogP contribution in [0.1, 0.15) is 17.5 Å². The van der Waals surface area contributed by atoms with Crippen molar-refractivity contribution in [1.82, 2.24) is 0 Å². The van der Waals surface area contributed by atoms with E-state index in [1.54, 1.807) is 0 Å². The number of benzene rings is 1. The summed E-state index contributed by atoms with van der Waals surface area (Å²) >= 11 is 3.06. The molecule has 0 aromatic heterocycles. The SMILES string of the molecule is N#CCCc1ccc(C(F)(F)F)cc1Br. The van der Waals surface area contributed by atoms with Gasteiger partial charge in [0.25, 0.3) is 0 Å². The third-order valence-corrected chi connectivity index (χ3v) is 2.62. The van der Waals surface area contributed by atoms with Crippen molar-refractivity contribution < 1.29 is 13.2 Å². The van der Waals surface area contributed by atoms with Crippen LogP contribution in [0.2, 0.25) is 0 Å². The maximum Gasteiger partial charge on any atom is 0.416 e. The summed E-state index contributed by atoms with van der Waals surface area (Å²) in [6, 6.07) is 5.40. The normalized spacial score (nSPS) is 11.1. The molecular formula is C10H7BrF3N. The van der Waals surface area contributed by atoms with Gasteiger partial charge in [-0.05, 0) is 24.1 Å². The van der Waals surface area contributed by atoms with Gasteiger partial charge < -0.3 is 0 Å². The zero-order valence-corrected chi connectivity index (χ0v) is 9.19. The van der Waals surface area contributed by atoms with E-state index in [9.17, 15) is 13.2 Å². The van der Waals surface area contributed by atoms with Crippen LogP contribution in [0.5, 0.6) is 0 Å². The van der Waals surface area contributed by atoms with E-state index in [0.29, 0.717) is 22.9 Å². The van der Waals surface area contributed by atoms with Crippen molar-refractivity contribution in [2.24, 2.45) is 0 Å². The molecule has 0 bridgehead atoms. The molecule has 0 saturated heterocycles. The summed E-state index contributed by atoms with van der Waals surface area (Å²) in [5, 5.41) is 8.36. The molecule has 0 saturated carbocycles. The maximum absolute atomic E-state index is 12.3. The predicted octanol–water partition coefficient (Wildman–Crippen LogP) is 3.92. The number of hydrogen-bond donors (Lipinski definition) is 0. The highest BCUT2D eigenvalue weighted by Crippen LogP contribution is 2.32. The van der Waals surface area contributed by atoms with Gasteiger partial charge in [0.15, 0.2) is 0 Å². The third-order valence-electron chi connectivity index (χ3n) is 1.89. The molecule has 15 heavy (non-hydrogen) atoms. The van der Waals surface area contributed by atoms with Gasteiger partial charge in [-0.1, -0.05) is 22.0 Å². The standard InChI is InChI=1S/C10H7BrF3N/c11-9-6-8(10(12,13)14)4-3-7(9)2-1-5-15/h3-4,6H,1-2H2. The number of aryl methyl sites for hydroxylation is 1. The second-order valence-corrected chi connectivity index (χ2v) is 3.82. The van der Waals surface area contributed by atoms with Gasteiger partial charge in [0.05, 0.1) is 11.6 Å². The molecule has 5 heteroatoms. The van der Waals surface area contributed by atoms with Gasteiger partial charge in [0, 0.05) is 10.9 Å². The highest BCUT2D eigenvalue weighted by molar-refractivity contribution is 9.10. The third kappa shape index (κ3) is 3.24. The van der Waals surface area contributed by atoms with Gasteiger partial charge in [0.1, 0.15) is 0 Å². The van der Waals surface area contributed by atoms with E-state index in [2.05, 4.69) is 15.9 Å². The Morgan fingerprint density at radius 1 is 1.33 bits per heavy atom. The summed E-state index contributed by atoms with van der Waals surface area (Å²) in [6.07, 6.45) is -3.57. The molecule has 0 aliphatic carbocycles. The van der Waals surface area contributed by atoms with Gasteiger partial charge in [-0.25, -0.2) is 0 Å². The number of rotatable bonds is 2. The summed E-state index contributed by atoms with van der Waals surface area (Å²) in [6.45, 7) is 0. The first-order valence-electron chi connectivity index (χ1n) is 4.17. The van der Waals surface area contributed by atoms with Crippen LogP contribution in [0, 0.1) is 11.3 Å². The lowest BCUT2D eigenvalue weighted by Gasteiger charge is -2.09. The molecule has 0 atom stereocenters. The lowest BCUT2D eigenvalue weighted by molar-refractivity contribution is -0.137. The fourth-order valence-corrected chi connectivity index (χ4v) is 1.69. The van der Waals surface area contributed by atoms with Crippen molar-refractivity contribution >= 4 is 15.9 Å². The number of halogens is 4. The molecule has 0 aliphatic heterocycles. The topological polar surface area (TPSA) is 23.8 Å². The molecule has 0 radical (unpaired) electrons. The van der Waals surface area contributed by atoms with E-state index in [1.807, 2.05) is 6.07 Å². The Hall–Kier alpha value is -1.02. The van der Waals surface area contributed by atoms with E-state index in [1.165, 1.54) is 6.07 Å². The monoisotopic (exact) mass is 277 g/mol. The number of hydrogen-bond acceptors (Lipinski definition) is 1. The van der Waals surface area contributed by atoms with Crippen LogP contribution in [0.3, 0.4) is 0 Å². The molecule has 1 aromatic rings. The van der Waals surface area contributed by atoms with Crippen LogP contribution in [-0.4, -0.2) is 0 Å². The summed E-state index contributed by atoms with van der Waals surface area (Å²) in [4.78, 5) is 0. The van der Waals surface area contributed by atoms with Gasteiger partial charge in [-0.3, -0.25) is 0 Å². The molecular weight excluding hydrogens is 271 g/mol. The molecule has 1 aromatic carbocycles. The molecule has 80 valence electrons. The van der Waals surface area contributed by atoms with Crippen LogP contribution < -0.4 is 0 Å². The maximum atomic E-state index is 12.3. The summed E-state index contributed by atoms with van der Waals surface area (Å²) in [7, 11) is 0. The number of nitriles is 1. The average Bonchev–Trinajstić information content (AvgIpc) is 2.14. The van der Waals surface area contributed by atoms with Crippen molar-refractivity contribution in [3.8, 4) is 6.07 Å². The lowest BCUT2D eigenvalue weighted by atomic mass is 10.1. The highest BCUT2D eigenvalue weighted by Gasteiger charge is 2.30. The molecule has 1 nitrogen and oxygen atoms in total. The van der Waals surface area contributed by atoms with E-state index < -0.39 is 11.7 Å². The van der Waals surface area contributed by atoms with Crippen LogP contribution in [0.15, 0.2) is 22.7 Å². The molecule has 1 rings (SSSR count). The fraction of sp³-hybridized carbons (Fsp3) is 0.300. The Balaban J connectivity index is 2.94. The van der Waals surface area contributed by atoms with Gasteiger partial charge in [-0.15, -0.1) is 0 Å². The highest BCUT2D eigenvalue weighted by atomic mass is 79.9. The van der Waals surface area contributed by atoms with Crippen molar-refractivity contribution in [1.29, 1.82) is 5.26 Å². The van der Waals surface area contributed by atoms with Crippen molar-refractivity contribution in [3.05, 3.63) is 33.8 Å². The minimum atomic E-state index is -4.32. The Labute approximate surface area is 93.6 Å². The van der Waals surface area contributed by atoms with Gasteiger partial charge >= 0.3 is 6.18 Å². The Kier molecular flexibility index (Phi) is 3.75. The van der Waals surface area contributed by atoms with Crippen molar-refractivity contribution in [2.45, 2.75) is 19.0 Å². The lowest BCUT2D eigenvalue weighted by Crippen LogP contribution is -2.05. The Bertz CT molecular complexity index is 393. The predicted molar refractivity (Wildman–Crippen MR) is 53.1 cm³/mol. The van der Waals surface area contributed by atoms with E-state index in [-0.39, 0.29) is 0 Å². The summed E-state index contributed by atoms with van der Waals surface area (Å²) < 4.78 is 37.2. The second kappa shape index (κ2) is 4.67. The second-order valence-electron chi connectivity index (χ2n) is 2.96. The van der Waals surface area contributed by atoms with Crippen LogP contribution in [0.4, 0.5) is 13.2 Å². The molecule has 0 heterocycles. The van der Waals surface area contributed by atoms with E-state index >= 15 is 0 Å². The molecule has 0 spiro atoms. The summed E-state index contributed by atoms with van der Waals surface area (Å²) in [5.74, 6) is 0. The smallest absolute Gasteiger partial charge is 0.198 e. The Morgan fingerprint density at radius 2 is 2.00 bits per heavy atom. The summed E-state index contributed by atoms with van der Waals surface area (Å²) in [5.41, 5.74) is 0.0274. The van der Waals surface area contributed by atoms with Crippen LogP contribution in [0.25, 0.3) is 0 Å². The van der Waals surface area contributed by atoms with Gasteiger partial charge in [0.2, 0.25) is 0 Å². The first-order valence-corrected chi connectivity index (χ1v) is 4.97. The molecule has 0 fully saturated rings. The first-order chi connectivity index (χ1) is 6.95. The van der Waals surface area contributed by atoms with Crippen LogP contribution >= 0.6 is 15.9 Å². The average molecular weight is 278 g/mol. The van der Waals surface area contributed by atoms with E-state index in [4.69, 9.17) is 5.26 Å². The quantitative estimate of drug-likeness (QED) is 0.804. The molecule has 0 unspecified atom stereocenters. The van der Waals surface area contributed by atoms with Crippen molar-refractivity contribution in [3.63, 3.8) is 0 Å². The minimum Gasteiger partial charge on any atom is -0.198 e. The van der Waals surface area contributed by atoms with Crippen molar-refractivity contribution in [2.75, 3.05) is 0 Å². The zero-order valence-electron chi connectivity index (χ0n) is 7.61. The zero-order chi connectivity index (χ0) is 11.5. The number of alkyl halides is 3. The molecule has 0 aliphatic rings.